The molecule has 0 saturated heterocycles. The maximum atomic E-state index is 13.4. The average Bonchev–Trinajstić information content (AvgIpc) is 2.91. The topological polar surface area (TPSA) is 204 Å². The molecule has 0 saturated carbocycles. The summed E-state index contributed by atoms with van der Waals surface area (Å²) in [5.74, 6) is -4.72. The second-order valence-corrected chi connectivity index (χ2v) is 10.5. The third kappa shape index (κ3) is 6.36. The van der Waals surface area contributed by atoms with E-state index in [4.69, 9.17) is 4.65 Å². The molecule has 2 atom stereocenters. The maximum absolute atomic E-state index is 13.4. The molecule has 0 spiro atoms. The fourth-order valence-corrected chi connectivity index (χ4v) is 4.73. The number of amides is 2. The summed E-state index contributed by atoms with van der Waals surface area (Å²) < 4.78 is 43.3. The van der Waals surface area contributed by atoms with E-state index in [1.54, 1.807) is 0 Å². The van der Waals surface area contributed by atoms with Crippen molar-refractivity contribution in [3.63, 3.8) is 0 Å². The number of alkyl halides is 2. The number of aromatic nitrogens is 1. The second-order valence-electron chi connectivity index (χ2n) is 8.88. The van der Waals surface area contributed by atoms with Gasteiger partial charge in [0.25, 0.3) is 11.5 Å². The summed E-state index contributed by atoms with van der Waals surface area (Å²) in [7, 11) is -6.38. The van der Waals surface area contributed by atoms with E-state index in [9.17, 15) is 52.4 Å². The molecule has 6 N–H and O–H groups in total. The molecule has 2 heterocycles. The van der Waals surface area contributed by atoms with E-state index in [-0.39, 0.29) is 27.9 Å². The first kappa shape index (κ1) is 29.6. The Bertz CT molecular complexity index is 1610. The molecule has 2 amide bonds. The highest BCUT2D eigenvalue weighted by Crippen LogP contribution is 2.33. The number of carbonyl (C=O) groups is 3. The number of rotatable bonds is 8. The van der Waals surface area contributed by atoms with Crippen LogP contribution in [0.5, 0.6) is 5.75 Å². The Morgan fingerprint density at radius 2 is 1.71 bits per heavy atom. The number of hydrogen-bond donors (Lipinski definition) is 6. The molecule has 4 rings (SSSR count). The molecule has 214 valence electrons. The number of carboxylic acid groups (broad SMARTS) is 1. The Kier molecular flexibility index (Phi) is 8.40. The minimum Gasteiger partial charge on any atom is -0.534 e. The van der Waals surface area contributed by atoms with Crippen LogP contribution in [0.3, 0.4) is 0 Å². The quantitative estimate of drug-likeness (QED) is 0.157. The lowest BCUT2D eigenvalue weighted by molar-refractivity contribution is -0.123. The lowest BCUT2D eigenvalue weighted by atomic mass is 9.72. The summed E-state index contributed by atoms with van der Waals surface area (Å²) in [5, 5.41) is 24.2. The Morgan fingerprint density at radius 1 is 1.05 bits per heavy atom. The maximum Gasteiger partial charge on any atom is 0.547 e. The number of halogens is 2. The summed E-state index contributed by atoms with van der Waals surface area (Å²) in [5.41, 5.74) is -1.92. The molecule has 1 aliphatic heterocycles. The largest absolute Gasteiger partial charge is 0.547 e. The molecule has 17 heteroatoms. The lowest BCUT2D eigenvalue weighted by Gasteiger charge is -2.30. The summed E-state index contributed by atoms with van der Waals surface area (Å²) in [6.07, 6.45) is 0.686. The van der Waals surface area contributed by atoms with E-state index in [1.807, 2.05) is 0 Å². The van der Waals surface area contributed by atoms with E-state index >= 15 is 0 Å². The minimum absolute atomic E-state index is 0.0113. The number of carboxylic acids is 1. The molecule has 2 aromatic carbocycles. The number of nitrogens with zero attached hydrogens (tertiary/aromatic N) is 1. The number of para-hydroxylation sites is 1. The lowest BCUT2D eigenvalue weighted by Crippen LogP contribution is -2.55. The fourth-order valence-electron chi connectivity index (χ4n) is 4.19. The predicted octanol–water partition coefficient (Wildman–Crippen LogP) is 0.355. The highest BCUT2D eigenvalue weighted by molar-refractivity contribution is 7.60. The molecule has 0 radical (unpaired) electrons. The van der Waals surface area contributed by atoms with Gasteiger partial charge in [-0.05, 0) is 47.9 Å². The molecule has 0 bridgehead atoms. The van der Waals surface area contributed by atoms with Gasteiger partial charge in [0.15, 0.2) is 0 Å². The van der Waals surface area contributed by atoms with Gasteiger partial charge in [-0.25, -0.2) is 4.79 Å². The molecule has 3 aromatic rings. The number of fused-ring (bicyclic) bond motifs is 1. The standard InChI is InChI=1S/C24H21BF2N3O10P/c26-24(27)30-10-2-5-16(22(30)33)20(31)29-18(12-6-8-14(9-7-12)41(37,38)39)21(32)28-17-11-13-3-1-4-15(23(34)35)19(13)40-25(17)36/h1-10,17-18,24,36H,11H2,(H,28,32)(H,29,31)(H,34,35)(H2,37,38,39)/t17-,18-/m0/s1. The van der Waals surface area contributed by atoms with E-state index in [0.717, 1.165) is 42.6 Å². The van der Waals surface area contributed by atoms with Crippen molar-refractivity contribution in [1.82, 2.24) is 15.2 Å². The first-order valence-electron chi connectivity index (χ1n) is 11.7. The molecule has 0 fully saturated rings. The van der Waals surface area contributed by atoms with Crippen LogP contribution in [-0.4, -0.2) is 55.3 Å². The molecule has 0 unspecified atom stereocenters. The van der Waals surface area contributed by atoms with Crippen molar-refractivity contribution in [2.75, 3.05) is 0 Å². The van der Waals surface area contributed by atoms with Gasteiger partial charge in [-0.2, -0.15) is 8.78 Å². The van der Waals surface area contributed by atoms with Gasteiger partial charge in [0.2, 0.25) is 5.91 Å². The molecule has 1 aliphatic rings. The van der Waals surface area contributed by atoms with Crippen molar-refractivity contribution in [3.8, 4) is 5.75 Å². The summed E-state index contributed by atoms with van der Waals surface area (Å²) in [4.78, 5) is 69.0. The van der Waals surface area contributed by atoms with Crippen LogP contribution in [0.4, 0.5) is 8.78 Å². The molecular weight excluding hydrogens is 570 g/mol. The van der Waals surface area contributed by atoms with Crippen molar-refractivity contribution in [1.29, 1.82) is 0 Å². The van der Waals surface area contributed by atoms with Crippen LogP contribution >= 0.6 is 7.60 Å². The summed E-state index contributed by atoms with van der Waals surface area (Å²) in [6, 6.07) is 8.87. The fraction of sp³-hybridized carbons (Fsp3) is 0.167. The predicted molar refractivity (Wildman–Crippen MR) is 138 cm³/mol. The first-order chi connectivity index (χ1) is 19.3. The van der Waals surface area contributed by atoms with Crippen molar-refractivity contribution in [3.05, 3.63) is 93.4 Å². The van der Waals surface area contributed by atoms with Crippen LogP contribution in [0.25, 0.3) is 0 Å². The number of carbonyl (C=O) groups excluding carboxylic acids is 2. The third-order valence-electron chi connectivity index (χ3n) is 6.21. The summed E-state index contributed by atoms with van der Waals surface area (Å²) in [6.45, 7) is -3.24. The van der Waals surface area contributed by atoms with Gasteiger partial charge in [0.1, 0.15) is 17.4 Å². The summed E-state index contributed by atoms with van der Waals surface area (Å²) >= 11 is 0. The van der Waals surface area contributed by atoms with Crippen molar-refractivity contribution in [2.24, 2.45) is 0 Å². The van der Waals surface area contributed by atoms with Gasteiger partial charge in [0, 0.05) is 6.20 Å². The normalized spacial score (nSPS) is 15.5. The van der Waals surface area contributed by atoms with E-state index in [0.29, 0.717) is 5.56 Å². The number of nitrogens with one attached hydrogen (secondary N) is 2. The smallest absolute Gasteiger partial charge is 0.534 e. The molecular formula is C24H21BF2N3O10P. The average molecular weight is 591 g/mol. The molecule has 1 aromatic heterocycles. The molecule has 13 nitrogen and oxygen atoms in total. The van der Waals surface area contributed by atoms with Gasteiger partial charge < -0.3 is 35.2 Å². The second kappa shape index (κ2) is 11.6. The van der Waals surface area contributed by atoms with Crippen LogP contribution < -0.4 is 26.2 Å². The van der Waals surface area contributed by atoms with Crippen LogP contribution in [-0.2, 0) is 15.8 Å². The molecule has 41 heavy (non-hydrogen) atoms. The van der Waals surface area contributed by atoms with Crippen LogP contribution in [0.2, 0.25) is 0 Å². The van der Waals surface area contributed by atoms with Crippen molar-refractivity contribution >= 4 is 37.8 Å². The van der Waals surface area contributed by atoms with Gasteiger partial charge in [0.05, 0.1) is 16.8 Å². The van der Waals surface area contributed by atoms with E-state index in [1.165, 1.54) is 18.2 Å². The number of aromatic carboxylic acids is 1. The number of hydrogen-bond acceptors (Lipinski definition) is 7. The monoisotopic (exact) mass is 591 g/mol. The van der Waals surface area contributed by atoms with Gasteiger partial charge in [-0.3, -0.25) is 23.5 Å². The SMILES string of the molecule is O=C(O)c1cccc2c1OB(O)[C@@H](NC(=O)[C@@H](NC(=O)c1cccn(C(F)F)c1=O)c1ccc(P(=O)(O)O)cc1)C2. The Morgan fingerprint density at radius 3 is 2.32 bits per heavy atom. The van der Waals surface area contributed by atoms with E-state index in [2.05, 4.69) is 10.6 Å². The number of benzene rings is 2. The highest BCUT2D eigenvalue weighted by Gasteiger charge is 2.39. The van der Waals surface area contributed by atoms with Crippen LogP contribution in [0.15, 0.2) is 65.6 Å². The zero-order chi connectivity index (χ0) is 30.1. The van der Waals surface area contributed by atoms with Gasteiger partial charge >= 0.3 is 27.2 Å². The van der Waals surface area contributed by atoms with Crippen molar-refractivity contribution in [2.45, 2.75) is 25.0 Å². The van der Waals surface area contributed by atoms with Crippen LogP contribution in [0, 0.1) is 0 Å². The van der Waals surface area contributed by atoms with Gasteiger partial charge in [-0.1, -0.05) is 24.3 Å². The molecule has 0 aliphatic carbocycles. The first-order valence-corrected chi connectivity index (χ1v) is 13.4. The Hall–Kier alpha value is -4.37. The van der Waals surface area contributed by atoms with Crippen molar-refractivity contribution < 1.29 is 52.3 Å². The zero-order valence-electron chi connectivity index (χ0n) is 20.7. The third-order valence-corrected chi connectivity index (χ3v) is 7.18. The van der Waals surface area contributed by atoms with Gasteiger partial charge in [-0.15, -0.1) is 0 Å². The Balaban J connectivity index is 1.65. The highest BCUT2D eigenvalue weighted by atomic mass is 31.2. The zero-order valence-corrected chi connectivity index (χ0v) is 21.6. The Labute approximate surface area is 229 Å². The van der Waals surface area contributed by atoms with E-state index < -0.39 is 67.5 Å². The minimum atomic E-state index is -4.66. The van der Waals surface area contributed by atoms with Crippen LogP contribution in [0.1, 0.15) is 44.4 Å². The number of pyridine rings is 1.